The lowest BCUT2D eigenvalue weighted by molar-refractivity contribution is -0.135. The fraction of sp³-hybridized carbons (Fsp3) is 0.452. The summed E-state index contributed by atoms with van der Waals surface area (Å²) < 4.78 is 16.9. The van der Waals surface area contributed by atoms with Gasteiger partial charge in [-0.2, -0.15) is 0 Å². The molecule has 0 radical (unpaired) electrons. The zero-order valence-electron chi connectivity index (χ0n) is 32.5. The largest absolute Gasteiger partial charge is 0.488 e. The fourth-order valence-corrected chi connectivity index (χ4v) is 8.30. The third kappa shape index (κ3) is 6.85. The predicted molar refractivity (Wildman–Crippen MR) is 208 cm³/mol. The summed E-state index contributed by atoms with van der Waals surface area (Å²) in [6.07, 6.45) is 3.31. The molecule has 288 valence electrons. The molecule has 0 spiro atoms. The Balaban J connectivity index is 1.04. The Hall–Kier alpha value is -5.59. The second-order valence-corrected chi connectivity index (χ2v) is 16.5. The van der Waals surface area contributed by atoms with Gasteiger partial charge in [0.05, 0.1) is 42.1 Å². The SMILES string of the molecule is COC(=O)N[C@H](C(=O)N1CCCC1c1ncc(-c2ccc3c(c2)COc2cc4c(ccc5[nH]c([C@@H]6C[C@H](C)CN6C(=O)OC(C)(C)C)nc54)cc2-3)[nH]1)C(C)C. The molecule has 0 saturated carbocycles. The number of benzene rings is 3. The molecule has 5 heterocycles. The molecule has 5 aromatic rings. The number of likely N-dealkylation sites (tertiary alicyclic amines) is 2. The highest BCUT2D eigenvalue weighted by Gasteiger charge is 2.39. The first-order valence-corrected chi connectivity index (χ1v) is 19.2. The Morgan fingerprint density at radius 1 is 1.00 bits per heavy atom. The maximum atomic E-state index is 13.6. The maximum absolute atomic E-state index is 13.6. The van der Waals surface area contributed by atoms with Gasteiger partial charge < -0.3 is 34.4 Å². The lowest BCUT2D eigenvalue weighted by Crippen LogP contribution is -2.51. The van der Waals surface area contributed by atoms with E-state index in [0.717, 1.165) is 86.4 Å². The van der Waals surface area contributed by atoms with Gasteiger partial charge in [-0.05, 0) is 98.2 Å². The molecule has 3 N–H and O–H groups in total. The molecule has 3 amide bonds. The second kappa shape index (κ2) is 13.9. The Morgan fingerprint density at radius 2 is 1.82 bits per heavy atom. The Morgan fingerprint density at radius 3 is 2.58 bits per heavy atom. The molecule has 2 fully saturated rings. The summed E-state index contributed by atoms with van der Waals surface area (Å²) in [5.41, 5.74) is 6.19. The average molecular weight is 748 g/mol. The normalized spacial score (nSPS) is 20.0. The summed E-state index contributed by atoms with van der Waals surface area (Å²) in [5.74, 6) is 2.36. The second-order valence-electron chi connectivity index (χ2n) is 16.5. The minimum atomic E-state index is -0.691. The smallest absolute Gasteiger partial charge is 0.410 e. The first kappa shape index (κ1) is 36.4. The Kier molecular flexibility index (Phi) is 9.21. The van der Waals surface area contributed by atoms with Crippen molar-refractivity contribution < 1.29 is 28.6 Å². The predicted octanol–water partition coefficient (Wildman–Crippen LogP) is 8.03. The van der Waals surface area contributed by atoms with Crippen LogP contribution in [0.4, 0.5) is 9.59 Å². The number of methoxy groups -OCH3 is 1. The molecule has 13 heteroatoms. The van der Waals surface area contributed by atoms with E-state index in [0.29, 0.717) is 25.6 Å². The monoisotopic (exact) mass is 747 g/mol. The van der Waals surface area contributed by atoms with Gasteiger partial charge in [0, 0.05) is 24.0 Å². The summed E-state index contributed by atoms with van der Waals surface area (Å²) in [5, 5.41) is 4.74. The van der Waals surface area contributed by atoms with Gasteiger partial charge >= 0.3 is 12.2 Å². The van der Waals surface area contributed by atoms with Gasteiger partial charge in [-0.1, -0.05) is 39.0 Å². The number of nitrogens with zero attached hydrogens (tertiary/aromatic N) is 4. The minimum absolute atomic E-state index is 0.107. The molecule has 13 nitrogen and oxygen atoms in total. The quantitative estimate of drug-likeness (QED) is 0.158. The highest BCUT2D eigenvalue weighted by molar-refractivity contribution is 6.07. The molecule has 8 rings (SSSR count). The third-order valence-corrected chi connectivity index (χ3v) is 11.0. The van der Waals surface area contributed by atoms with Crippen LogP contribution in [0.15, 0.2) is 48.7 Å². The van der Waals surface area contributed by atoms with Crippen LogP contribution in [0.25, 0.3) is 44.2 Å². The number of imidazole rings is 2. The van der Waals surface area contributed by atoms with Crippen LogP contribution >= 0.6 is 0 Å². The highest BCUT2D eigenvalue weighted by atomic mass is 16.6. The average Bonchev–Trinajstić information content (AvgIpc) is 3.97. The van der Waals surface area contributed by atoms with Crippen LogP contribution in [0, 0.1) is 11.8 Å². The fourth-order valence-electron chi connectivity index (χ4n) is 8.30. The van der Waals surface area contributed by atoms with Crippen molar-refractivity contribution in [3.8, 4) is 28.1 Å². The van der Waals surface area contributed by atoms with Crippen LogP contribution < -0.4 is 10.1 Å². The molecule has 1 unspecified atom stereocenters. The molecule has 4 atom stereocenters. The van der Waals surface area contributed by atoms with Gasteiger partial charge in [0.2, 0.25) is 5.91 Å². The van der Waals surface area contributed by atoms with E-state index in [-0.39, 0.29) is 30.0 Å². The van der Waals surface area contributed by atoms with Crippen LogP contribution in [-0.4, -0.2) is 79.7 Å². The number of H-pyrrole nitrogens is 2. The van der Waals surface area contributed by atoms with E-state index < -0.39 is 17.7 Å². The first-order chi connectivity index (χ1) is 26.3. The van der Waals surface area contributed by atoms with Gasteiger partial charge in [-0.25, -0.2) is 19.6 Å². The van der Waals surface area contributed by atoms with E-state index in [4.69, 9.17) is 24.2 Å². The van der Waals surface area contributed by atoms with E-state index in [1.54, 1.807) is 4.90 Å². The van der Waals surface area contributed by atoms with Crippen molar-refractivity contribution in [1.82, 2.24) is 35.1 Å². The number of hydrogen-bond donors (Lipinski definition) is 3. The molecule has 3 aliphatic heterocycles. The number of ether oxygens (including phenoxy) is 3. The van der Waals surface area contributed by atoms with Crippen LogP contribution in [0.5, 0.6) is 5.75 Å². The Bertz CT molecular complexity index is 2300. The standard InChI is InChI=1S/C42H49N7O6/c1-22(2)35(47-40(51)53-7)39(50)48-14-8-9-32(48)37-43-19-31(45-37)25-10-12-27-26(16-25)21-54-34-18-28-24(17-29(27)34)11-13-30-36(28)46-38(44-30)33-15-23(3)20-49(33)41(52)55-42(4,5)6/h10-13,16-19,22-23,32-33,35H,8-9,14-15,20-21H2,1-7H3,(H,43,45)(H,44,46)(H,47,51)/t23-,32?,33-,35-/m0/s1. The molecule has 2 saturated heterocycles. The van der Waals surface area contributed by atoms with Gasteiger partial charge in [-0.15, -0.1) is 0 Å². The van der Waals surface area contributed by atoms with Crippen LogP contribution in [0.1, 0.15) is 90.1 Å². The summed E-state index contributed by atoms with van der Waals surface area (Å²) in [7, 11) is 1.29. The minimum Gasteiger partial charge on any atom is -0.488 e. The van der Waals surface area contributed by atoms with Crippen molar-refractivity contribution in [2.45, 2.75) is 91.1 Å². The van der Waals surface area contributed by atoms with Gasteiger partial charge in [-0.3, -0.25) is 9.69 Å². The van der Waals surface area contributed by atoms with Crippen molar-refractivity contribution in [3.63, 3.8) is 0 Å². The van der Waals surface area contributed by atoms with Gasteiger partial charge in [0.15, 0.2) is 0 Å². The summed E-state index contributed by atoms with van der Waals surface area (Å²) >= 11 is 0. The molecule has 0 aliphatic carbocycles. The first-order valence-electron chi connectivity index (χ1n) is 19.2. The van der Waals surface area contributed by atoms with Crippen LogP contribution in [-0.2, 0) is 20.9 Å². The maximum Gasteiger partial charge on any atom is 0.410 e. The van der Waals surface area contributed by atoms with Crippen molar-refractivity contribution in [2.24, 2.45) is 11.8 Å². The molecular formula is C42H49N7O6. The lowest BCUT2D eigenvalue weighted by Gasteiger charge is -2.30. The number of alkyl carbamates (subject to hydrolysis) is 1. The van der Waals surface area contributed by atoms with Crippen LogP contribution in [0.2, 0.25) is 0 Å². The van der Waals surface area contributed by atoms with Gasteiger partial charge in [0.1, 0.15) is 35.6 Å². The zero-order chi connectivity index (χ0) is 38.8. The number of aromatic nitrogens is 4. The number of hydrogen-bond acceptors (Lipinski definition) is 8. The van der Waals surface area contributed by atoms with Crippen molar-refractivity contribution in [3.05, 3.63) is 65.9 Å². The van der Waals surface area contributed by atoms with E-state index in [1.807, 2.05) is 45.7 Å². The number of aromatic amines is 2. The molecule has 3 aliphatic rings. The molecule has 55 heavy (non-hydrogen) atoms. The summed E-state index contributed by atoms with van der Waals surface area (Å²) in [6, 6.07) is 13.7. The lowest BCUT2D eigenvalue weighted by atomic mass is 9.92. The third-order valence-electron chi connectivity index (χ3n) is 11.0. The van der Waals surface area contributed by atoms with Crippen molar-refractivity contribution >= 4 is 39.9 Å². The van der Waals surface area contributed by atoms with Crippen molar-refractivity contribution in [2.75, 3.05) is 20.2 Å². The van der Waals surface area contributed by atoms with E-state index in [2.05, 4.69) is 64.7 Å². The topological polar surface area (TPSA) is 155 Å². The van der Waals surface area contributed by atoms with Crippen molar-refractivity contribution in [1.29, 1.82) is 0 Å². The Labute approximate surface area is 320 Å². The zero-order valence-corrected chi connectivity index (χ0v) is 32.5. The molecule has 3 aromatic carbocycles. The molecular weight excluding hydrogens is 699 g/mol. The highest BCUT2D eigenvalue weighted by Crippen LogP contribution is 2.44. The number of fused-ring (bicyclic) bond motifs is 6. The number of carbonyl (C=O) groups is 3. The van der Waals surface area contributed by atoms with E-state index in [9.17, 15) is 14.4 Å². The van der Waals surface area contributed by atoms with Crippen LogP contribution in [0.3, 0.4) is 0 Å². The molecule has 0 bridgehead atoms. The number of amides is 3. The summed E-state index contributed by atoms with van der Waals surface area (Å²) in [4.78, 5) is 59.2. The molecule has 2 aromatic heterocycles. The van der Waals surface area contributed by atoms with Gasteiger partial charge in [0.25, 0.3) is 0 Å². The number of rotatable bonds is 6. The summed E-state index contributed by atoms with van der Waals surface area (Å²) in [6.45, 7) is 13.2. The number of nitrogens with one attached hydrogen (secondary N) is 3. The van der Waals surface area contributed by atoms with E-state index in [1.165, 1.54) is 7.11 Å². The number of carbonyl (C=O) groups excluding carboxylic acids is 3. The van der Waals surface area contributed by atoms with E-state index >= 15 is 0 Å².